The Morgan fingerprint density at radius 2 is 1.86 bits per heavy atom. The first-order valence-electron chi connectivity index (χ1n) is 9.50. The Kier molecular flexibility index (Phi) is 6.62. The van der Waals surface area contributed by atoms with Crippen molar-refractivity contribution in [2.45, 2.75) is 37.6 Å². The fourth-order valence-electron chi connectivity index (χ4n) is 3.39. The number of rotatable bonds is 5. The molecule has 1 aliphatic heterocycles. The number of ether oxygens (including phenoxy) is 1. The molecule has 5 nitrogen and oxygen atoms in total. The average Bonchev–Trinajstić information content (AvgIpc) is 2.68. The predicted molar refractivity (Wildman–Crippen MR) is 112 cm³/mol. The molecule has 1 saturated heterocycles. The van der Waals surface area contributed by atoms with Gasteiger partial charge in [-0.25, -0.2) is 0 Å². The van der Waals surface area contributed by atoms with E-state index in [-0.39, 0.29) is 24.5 Å². The van der Waals surface area contributed by atoms with Crippen molar-refractivity contribution in [3.05, 3.63) is 59.2 Å². The third-order valence-corrected chi connectivity index (χ3v) is 5.40. The first kappa shape index (κ1) is 20.3. The zero-order valence-electron chi connectivity index (χ0n) is 16.3. The van der Waals surface area contributed by atoms with Crippen LogP contribution in [-0.2, 0) is 4.79 Å². The zero-order chi connectivity index (χ0) is 20.1. The van der Waals surface area contributed by atoms with Crippen molar-refractivity contribution in [2.24, 2.45) is 0 Å². The van der Waals surface area contributed by atoms with Gasteiger partial charge in [0.25, 0.3) is 11.8 Å². The van der Waals surface area contributed by atoms with Gasteiger partial charge in [0.05, 0.1) is 5.56 Å². The number of likely N-dealkylation sites (tertiary alicyclic amines) is 1. The molecule has 0 radical (unpaired) electrons. The summed E-state index contributed by atoms with van der Waals surface area (Å²) >= 11 is 4.33. The molecule has 2 aromatic carbocycles. The Labute approximate surface area is 171 Å². The van der Waals surface area contributed by atoms with E-state index in [9.17, 15) is 9.59 Å². The van der Waals surface area contributed by atoms with Gasteiger partial charge in [-0.1, -0.05) is 29.8 Å². The molecule has 1 N–H and O–H groups in total. The van der Waals surface area contributed by atoms with Gasteiger partial charge in [-0.15, -0.1) is 12.6 Å². The molecule has 28 heavy (non-hydrogen) atoms. The molecule has 2 aromatic rings. The van der Waals surface area contributed by atoms with Crippen molar-refractivity contribution in [2.75, 3.05) is 19.7 Å². The third kappa shape index (κ3) is 5.07. The number of hydrogen-bond donors (Lipinski definition) is 2. The Morgan fingerprint density at radius 1 is 1.14 bits per heavy atom. The summed E-state index contributed by atoms with van der Waals surface area (Å²) in [6, 6.07) is 13.2. The number of piperidine rings is 1. The molecule has 1 aliphatic rings. The van der Waals surface area contributed by atoms with Crippen LogP contribution in [0.15, 0.2) is 47.4 Å². The smallest absolute Gasteiger partial charge is 0.260 e. The molecular weight excluding hydrogens is 372 g/mol. The molecule has 0 unspecified atom stereocenters. The van der Waals surface area contributed by atoms with Gasteiger partial charge in [-0.2, -0.15) is 0 Å². The average molecular weight is 399 g/mol. The molecule has 0 saturated carbocycles. The number of hydrogen-bond acceptors (Lipinski definition) is 4. The Morgan fingerprint density at radius 3 is 2.54 bits per heavy atom. The highest BCUT2D eigenvalue weighted by Gasteiger charge is 2.24. The van der Waals surface area contributed by atoms with E-state index in [1.165, 1.54) is 5.56 Å². The standard InChI is InChI=1S/C22H26N2O3S/c1-15-7-8-19(16(2)13-15)27-14-21(25)24-11-9-17(10-12-24)23-22(26)18-5-3-4-6-20(18)28/h3-8,13,17,28H,9-12,14H2,1-2H3,(H,23,26). The summed E-state index contributed by atoms with van der Waals surface area (Å²) in [5, 5.41) is 3.05. The van der Waals surface area contributed by atoms with E-state index in [4.69, 9.17) is 4.74 Å². The number of benzene rings is 2. The van der Waals surface area contributed by atoms with E-state index in [0.717, 1.165) is 24.2 Å². The van der Waals surface area contributed by atoms with E-state index in [1.807, 2.05) is 44.2 Å². The molecule has 1 fully saturated rings. The first-order valence-corrected chi connectivity index (χ1v) is 9.95. The van der Waals surface area contributed by atoms with E-state index in [0.29, 0.717) is 23.5 Å². The number of nitrogens with zero attached hydrogens (tertiary/aromatic N) is 1. The Hall–Kier alpha value is -2.47. The minimum absolute atomic E-state index is 0.0227. The van der Waals surface area contributed by atoms with Gasteiger partial charge in [0.15, 0.2) is 6.61 Å². The molecule has 3 rings (SSSR count). The normalized spacial score (nSPS) is 14.6. The van der Waals surface area contributed by atoms with E-state index in [1.54, 1.807) is 17.0 Å². The minimum Gasteiger partial charge on any atom is -0.484 e. The number of amides is 2. The molecule has 1 heterocycles. The van der Waals surface area contributed by atoms with E-state index < -0.39 is 0 Å². The lowest BCUT2D eigenvalue weighted by atomic mass is 10.0. The second-order valence-electron chi connectivity index (χ2n) is 7.20. The molecule has 148 valence electrons. The maximum absolute atomic E-state index is 12.4. The van der Waals surface area contributed by atoms with Crippen LogP contribution in [0.4, 0.5) is 0 Å². The summed E-state index contributed by atoms with van der Waals surface area (Å²) in [5.41, 5.74) is 2.77. The monoisotopic (exact) mass is 398 g/mol. The summed E-state index contributed by atoms with van der Waals surface area (Å²) in [5.74, 6) is 0.602. The van der Waals surface area contributed by atoms with Gasteiger partial charge >= 0.3 is 0 Å². The summed E-state index contributed by atoms with van der Waals surface area (Å²) in [6.07, 6.45) is 1.46. The molecule has 0 aliphatic carbocycles. The summed E-state index contributed by atoms with van der Waals surface area (Å²) in [4.78, 5) is 27.3. The minimum atomic E-state index is -0.117. The van der Waals surface area contributed by atoms with Gasteiger partial charge in [0.1, 0.15) is 5.75 Å². The second kappa shape index (κ2) is 9.15. The SMILES string of the molecule is Cc1ccc(OCC(=O)N2CCC(NC(=O)c3ccccc3S)CC2)c(C)c1. The van der Waals surface area contributed by atoms with Gasteiger partial charge < -0.3 is 15.0 Å². The maximum atomic E-state index is 12.4. The van der Waals surface area contributed by atoms with Crippen LogP contribution >= 0.6 is 12.6 Å². The topological polar surface area (TPSA) is 58.6 Å². The molecule has 6 heteroatoms. The quantitative estimate of drug-likeness (QED) is 0.759. The molecular formula is C22H26N2O3S. The van der Waals surface area contributed by atoms with Crippen molar-refractivity contribution in [1.82, 2.24) is 10.2 Å². The number of aryl methyl sites for hydroxylation is 2. The van der Waals surface area contributed by atoms with Gasteiger partial charge in [-0.05, 0) is 50.5 Å². The van der Waals surface area contributed by atoms with Crippen molar-refractivity contribution < 1.29 is 14.3 Å². The highest BCUT2D eigenvalue weighted by Crippen LogP contribution is 2.19. The van der Waals surface area contributed by atoms with Crippen LogP contribution < -0.4 is 10.1 Å². The highest BCUT2D eigenvalue weighted by molar-refractivity contribution is 7.80. The third-order valence-electron chi connectivity index (χ3n) is 5.01. The lowest BCUT2D eigenvalue weighted by Gasteiger charge is -2.32. The predicted octanol–water partition coefficient (Wildman–Crippen LogP) is 3.39. The van der Waals surface area contributed by atoms with E-state index in [2.05, 4.69) is 17.9 Å². The molecule has 0 atom stereocenters. The van der Waals surface area contributed by atoms with E-state index >= 15 is 0 Å². The van der Waals surface area contributed by atoms with Crippen molar-refractivity contribution in [3.63, 3.8) is 0 Å². The fourth-order valence-corrected chi connectivity index (χ4v) is 3.66. The van der Waals surface area contributed by atoms with Gasteiger partial charge in [0.2, 0.25) is 0 Å². The van der Waals surface area contributed by atoms with Crippen LogP contribution in [-0.4, -0.2) is 42.5 Å². The van der Waals surface area contributed by atoms with Gasteiger partial charge in [-0.3, -0.25) is 9.59 Å². The van der Waals surface area contributed by atoms with Crippen molar-refractivity contribution in [1.29, 1.82) is 0 Å². The van der Waals surface area contributed by atoms with Crippen molar-refractivity contribution >= 4 is 24.4 Å². The maximum Gasteiger partial charge on any atom is 0.260 e. The first-order chi connectivity index (χ1) is 13.4. The molecule has 0 aromatic heterocycles. The molecule has 0 spiro atoms. The summed E-state index contributed by atoms with van der Waals surface area (Å²) in [7, 11) is 0. The second-order valence-corrected chi connectivity index (χ2v) is 7.69. The fraction of sp³-hybridized carbons (Fsp3) is 0.364. The van der Waals surface area contributed by atoms with Gasteiger partial charge in [0, 0.05) is 24.0 Å². The summed E-state index contributed by atoms with van der Waals surface area (Å²) in [6.45, 7) is 5.27. The Balaban J connectivity index is 1.46. The van der Waals surface area contributed by atoms with Crippen molar-refractivity contribution in [3.8, 4) is 5.75 Å². The molecule has 0 bridgehead atoms. The van der Waals surface area contributed by atoms with Crippen LogP contribution in [0, 0.1) is 13.8 Å². The lowest BCUT2D eigenvalue weighted by Crippen LogP contribution is -2.47. The zero-order valence-corrected chi connectivity index (χ0v) is 17.2. The largest absolute Gasteiger partial charge is 0.484 e. The number of carbonyl (C=O) groups is 2. The highest BCUT2D eigenvalue weighted by atomic mass is 32.1. The lowest BCUT2D eigenvalue weighted by molar-refractivity contribution is -0.134. The van der Waals surface area contributed by atoms with Crippen LogP contribution in [0.1, 0.15) is 34.3 Å². The summed E-state index contributed by atoms with van der Waals surface area (Å²) < 4.78 is 5.70. The molecule has 2 amide bonds. The number of carbonyl (C=O) groups excluding carboxylic acids is 2. The number of nitrogens with one attached hydrogen (secondary N) is 1. The van der Waals surface area contributed by atoms with Crippen LogP contribution in [0.25, 0.3) is 0 Å². The number of thiol groups is 1. The van der Waals surface area contributed by atoms with Crippen LogP contribution in [0.2, 0.25) is 0 Å². The van der Waals surface area contributed by atoms with Crippen LogP contribution in [0.3, 0.4) is 0 Å². The van der Waals surface area contributed by atoms with Crippen LogP contribution in [0.5, 0.6) is 5.75 Å². The Bertz CT molecular complexity index is 861.